The Hall–Kier alpha value is -1.59. The molecule has 1 aromatic carbocycles. The molecule has 0 aromatic heterocycles. The van der Waals surface area contributed by atoms with Crippen molar-refractivity contribution in [3.8, 4) is 5.75 Å². The van der Waals surface area contributed by atoms with Crippen LogP contribution in [0.3, 0.4) is 0 Å². The summed E-state index contributed by atoms with van der Waals surface area (Å²) >= 11 is 0. The zero-order valence-electron chi connectivity index (χ0n) is 16.5. The number of carbonyl (C=O) groups excluding carboxylic acids is 1. The lowest BCUT2D eigenvalue weighted by atomic mass is 9.88. The minimum Gasteiger partial charge on any atom is -0.496 e. The Morgan fingerprint density at radius 2 is 1.81 bits per heavy atom. The van der Waals surface area contributed by atoms with E-state index in [-0.39, 0.29) is 18.4 Å². The van der Waals surface area contributed by atoms with Crippen LogP contribution >= 0.6 is 0 Å². The molecule has 0 radical (unpaired) electrons. The van der Waals surface area contributed by atoms with Crippen molar-refractivity contribution in [3.05, 3.63) is 28.8 Å². The zero-order chi connectivity index (χ0) is 18.8. The molecule has 4 rings (SSSR count). The van der Waals surface area contributed by atoms with E-state index in [0.29, 0.717) is 23.8 Å². The second kappa shape index (κ2) is 8.19. The number of fused-ring (bicyclic) bond motifs is 1. The van der Waals surface area contributed by atoms with Gasteiger partial charge in [-0.05, 0) is 86.7 Å². The van der Waals surface area contributed by atoms with Crippen molar-refractivity contribution in [1.29, 1.82) is 0 Å². The van der Waals surface area contributed by atoms with Crippen LogP contribution in [-0.2, 0) is 12.8 Å². The normalized spacial score (nSPS) is 25.6. The summed E-state index contributed by atoms with van der Waals surface area (Å²) in [4.78, 5) is 17.9. The van der Waals surface area contributed by atoms with Gasteiger partial charge in [-0.1, -0.05) is 0 Å². The maximum atomic E-state index is 13.4. The Labute approximate surface area is 162 Å². The van der Waals surface area contributed by atoms with Crippen LogP contribution < -0.4 is 4.74 Å². The number of aliphatic hydroxyl groups excluding tert-OH is 1. The number of rotatable bonds is 5. The summed E-state index contributed by atoms with van der Waals surface area (Å²) in [5, 5.41) is 9.79. The highest BCUT2D eigenvalue weighted by Crippen LogP contribution is 2.32. The van der Waals surface area contributed by atoms with E-state index in [4.69, 9.17) is 4.74 Å². The van der Waals surface area contributed by atoms with Crippen molar-refractivity contribution in [3.63, 3.8) is 0 Å². The fourth-order valence-corrected chi connectivity index (χ4v) is 5.19. The van der Waals surface area contributed by atoms with Crippen molar-refractivity contribution in [2.24, 2.45) is 11.8 Å². The maximum Gasteiger partial charge on any atom is 0.257 e. The third-order valence-corrected chi connectivity index (χ3v) is 6.53. The molecule has 2 fully saturated rings. The van der Waals surface area contributed by atoms with Crippen LogP contribution in [0.2, 0.25) is 0 Å². The summed E-state index contributed by atoms with van der Waals surface area (Å²) in [6, 6.07) is 4.12. The van der Waals surface area contributed by atoms with E-state index in [1.54, 1.807) is 7.11 Å². The first-order chi connectivity index (χ1) is 13.2. The van der Waals surface area contributed by atoms with Crippen LogP contribution in [-0.4, -0.2) is 67.3 Å². The molecule has 2 saturated heterocycles. The van der Waals surface area contributed by atoms with Gasteiger partial charge in [0.1, 0.15) is 5.75 Å². The Morgan fingerprint density at radius 1 is 1.11 bits per heavy atom. The smallest absolute Gasteiger partial charge is 0.257 e. The van der Waals surface area contributed by atoms with Gasteiger partial charge in [0.25, 0.3) is 5.91 Å². The minimum absolute atomic E-state index is 0.0612. The number of amides is 1. The van der Waals surface area contributed by atoms with E-state index >= 15 is 0 Å². The quantitative estimate of drug-likeness (QED) is 0.862. The maximum absolute atomic E-state index is 13.4. The predicted octanol–water partition coefficient (Wildman–Crippen LogP) is 2.35. The molecule has 0 unspecified atom stereocenters. The summed E-state index contributed by atoms with van der Waals surface area (Å²) in [5.74, 6) is 1.38. The molecular weight excluding hydrogens is 340 g/mol. The lowest BCUT2D eigenvalue weighted by Gasteiger charge is -2.39. The Balaban J connectivity index is 1.53. The van der Waals surface area contributed by atoms with E-state index in [1.807, 2.05) is 4.90 Å². The Kier molecular flexibility index (Phi) is 5.69. The van der Waals surface area contributed by atoms with Crippen molar-refractivity contribution >= 4 is 5.91 Å². The number of likely N-dealkylation sites (tertiary alicyclic amines) is 2. The topological polar surface area (TPSA) is 53.0 Å². The second-order valence-corrected chi connectivity index (χ2v) is 8.54. The third-order valence-electron chi connectivity index (χ3n) is 6.53. The lowest BCUT2D eigenvalue weighted by Crippen LogP contribution is -2.47. The summed E-state index contributed by atoms with van der Waals surface area (Å²) < 4.78 is 5.57. The SMILES string of the molecule is COc1cc2c(cc1C(=O)N1C[C@H](CO)C[C@H](CN3CCCC3)C1)CCC2. The molecule has 0 spiro atoms. The van der Waals surface area contributed by atoms with Crippen molar-refractivity contribution in [2.75, 3.05) is 46.4 Å². The van der Waals surface area contributed by atoms with Crippen molar-refractivity contribution in [1.82, 2.24) is 9.80 Å². The van der Waals surface area contributed by atoms with Gasteiger partial charge in [-0.25, -0.2) is 0 Å². The fraction of sp³-hybridized carbons (Fsp3) is 0.682. The highest BCUT2D eigenvalue weighted by Gasteiger charge is 2.33. The average Bonchev–Trinajstić information content (AvgIpc) is 3.37. The summed E-state index contributed by atoms with van der Waals surface area (Å²) in [6.45, 7) is 4.97. The summed E-state index contributed by atoms with van der Waals surface area (Å²) in [7, 11) is 1.65. The van der Waals surface area contributed by atoms with Gasteiger partial charge >= 0.3 is 0 Å². The molecule has 1 N–H and O–H groups in total. The van der Waals surface area contributed by atoms with E-state index < -0.39 is 0 Å². The van der Waals surface area contributed by atoms with Gasteiger partial charge in [-0.2, -0.15) is 0 Å². The van der Waals surface area contributed by atoms with Crippen molar-refractivity contribution < 1.29 is 14.6 Å². The Morgan fingerprint density at radius 3 is 2.52 bits per heavy atom. The molecule has 1 aromatic rings. The molecule has 5 heteroatoms. The molecule has 0 saturated carbocycles. The second-order valence-electron chi connectivity index (χ2n) is 8.54. The molecule has 1 aliphatic carbocycles. The first-order valence-electron chi connectivity index (χ1n) is 10.5. The van der Waals surface area contributed by atoms with Crippen LogP contribution in [0.5, 0.6) is 5.75 Å². The van der Waals surface area contributed by atoms with Crippen LogP contribution in [0.4, 0.5) is 0 Å². The van der Waals surface area contributed by atoms with Crippen LogP contribution in [0, 0.1) is 11.8 Å². The number of aliphatic hydroxyl groups is 1. The standard InChI is InChI=1S/C22H32N2O3/c1-27-21-11-19-6-4-5-18(19)10-20(21)22(26)24-13-16(9-17(14-24)15-25)12-23-7-2-3-8-23/h10-11,16-17,25H,2-9,12-15H2,1H3/t16-,17-/m1/s1. The first-order valence-corrected chi connectivity index (χ1v) is 10.5. The average molecular weight is 373 g/mol. The minimum atomic E-state index is 0.0612. The van der Waals surface area contributed by atoms with Gasteiger partial charge < -0.3 is 19.6 Å². The fourth-order valence-electron chi connectivity index (χ4n) is 5.19. The van der Waals surface area contributed by atoms with Crippen molar-refractivity contribution in [2.45, 2.75) is 38.5 Å². The number of aryl methyl sites for hydroxylation is 2. The van der Waals surface area contributed by atoms with Crippen LogP contribution in [0.25, 0.3) is 0 Å². The number of hydrogen-bond donors (Lipinski definition) is 1. The molecule has 2 heterocycles. The van der Waals surface area contributed by atoms with Crippen LogP contribution in [0.1, 0.15) is 47.2 Å². The van der Waals surface area contributed by atoms with E-state index in [2.05, 4.69) is 17.0 Å². The molecule has 2 atom stereocenters. The number of nitrogens with zero attached hydrogens (tertiary/aromatic N) is 2. The summed E-state index contributed by atoms with van der Waals surface area (Å²) in [6.07, 6.45) is 6.86. The van der Waals surface area contributed by atoms with Gasteiger partial charge in [-0.15, -0.1) is 0 Å². The number of hydrogen-bond acceptors (Lipinski definition) is 4. The number of carbonyl (C=O) groups is 1. The number of ether oxygens (including phenoxy) is 1. The molecule has 3 aliphatic rings. The van der Waals surface area contributed by atoms with Gasteiger partial charge in [-0.3, -0.25) is 4.79 Å². The molecule has 27 heavy (non-hydrogen) atoms. The first kappa shape index (κ1) is 18.8. The molecule has 2 aliphatic heterocycles. The van der Waals surface area contributed by atoms with Gasteiger partial charge in [0.2, 0.25) is 0 Å². The highest BCUT2D eigenvalue weighted by atomic mass is 16.5. The number of methoxy groups -OCH3 is 1. The Bertz CT molecular complexity index is 684. The van der Waals surface area contributed by atoms with E-state index in [1.165, 1.54) is 37.1 Å². The molecule has 148 valence electrons. The third kappa shape index (κ3) is 3.99. The van der Waals surface area contributed by atoms with Crippen LogP contribution in [0.15, 0.2) is 12.1 Å². The van der Waals surface area contributed by atoms with E-state index in [9.17, 15) is 9.90 Å². The zero-order valence-corrected chi connectivity index (χ0v) is 16.5. The molecule has 0 bridgehead atoms. The monoisotopic (exact) mass is 372 g/mol. The molecular formula is C22H32N2O3. The largest absolute Gasteiger partial charge is 0.496 e. The summed E-state index contributed by atoms with van der Waals surface area (Å²) in [5.41, 5.74) is 3.31. The number of piperidine rings is 1. The molecule has 1 amide bonds. The highest BCUT2D eigenvalue weighted by molar-refractivity contribution is 5.97. The van der Waals surface area contributed by atoms with E-state index in [0.717, 1.165) is 38.8 Å². The number of benzene rings is 1. The predicted molar refractivity (Wildman–Crippen MR) is 105 cm³/mol. The van der Waals surface area contributed by atoms with Gasteiger partial charge in [0, 0.05) is 26.2 Å². The van der Waals surface area contributed by atoms with Gasteiger partial charge in [0.05, 0.1) is 12.7 Å². The lowest BCUT2D eigenvalue weighted by molar-refractivity contribution is 0.0463. The molecule has 5 nitrogen and oxygen atoms in total. The van der Waals surface area contributed by atoms with Gasteiger partial charge in [0.15, 0.2) is 0 Å².